The van der Waals surface area contributed by atoms with E-state index in [-0.39, 0.29) is 11.9 Å². The van der Waals surface area contributed by atoms with Crippen molar-refractivity contribution in [3.63, 3.8) is 0 Å². The molecule has 0 radical (unpaired) electrons. The van der Waals surface area contributed by atoms with Gasteiger partial charge < -0.3 is 5.73 Å². The molecule has 0 unspecified atom stereocenters. The third kappa shape index (κ3) is 2.77. The zero-order chi connectivity index (χ0) is 11.4. The summed E-state index contributed by atoms with van der Waals surface area (Å²) in [6.45, 7) is 0.980. The fourth-order valence-corrected chi connectivity index (χ4v) is 2.95. The predicted molar refractivity (Wildman–Crippen MR) is 66.1 cm³/mol. The number of hydrogen-bond acceptors (Lipinski definition) is 3. The van der Waals surface area contributed by atoms with Crippen LogP contribution in [0, 0.1) is 0 Å². The van der Waals surface area contributed by atoms with Gasteiger partial charge >= 0.3 is 0 Å². The molecule has 0 saturated carbocycles. The lowest BCUT2D eigenvalue weighted by Gasteiger charge is -2.20. The fraction of sp³-hybridized carbons (Fsp3) is 0.417. The number of primary amides is 1. The molecule has 16 heavy (non-hydrogen) atoms. The van der Waals surface area contributed by atoms with E-state index in [0.29, 0.717) is 0 Å². The van der Waals surface area contributed by atoms with Gasteiger partial charge in [-0.3, -0.25) is 9.69 Å². The highest BCUT2D eigenvalue weighted by Crippen LogP contribution is 2.24. The molecule has 1 fully saturated rings. The van der Waals surface area contributed by atoms with Gasteiger partial charge in [-0.2, -0.15) is 0 Å². The number of rotatable bonds is 4. The number of carbonyl (C=O) groups excluding carboxylic acids is 1. The van der Waals surface area contributed by atoms with E-state index in [1.165, 1.54) is 4.90 Å². The Morgan fingerprint density at radius 2 is 2.19 bits per heavy atom. The zero-order valence-electron chi connectivity index (χ0n) is 9.13. The highest BCUT2D eigenvalue weighted by molar-refractivity contribution is 7.99. The van der Waals surface area contributed by atoms with Gasteiger partial charge in [0.05, 0.1) is 6.04 Å². The number of hydrogen-bond donors (Lipinski definition) is 1. The molecular formula is C12H16N2OS. The summed E-state index contributed by atoms with van der Waals surface area (Å²) in [5, 5.41) is 0. The van der Waals surface area contributed by atoms with Crippen LogP contribution in [0.3, 0.4) is 0 Å². The molecular weight excluding hydrogens is 220 g/mol. The molecule has 1 aliphatic heterocycles. The van der Waals surface area contributed by atoms with Crippen LogP contribution >= 0.6 is 11.8 Å². The average molecular weight is 236 g/mol. The van der Waals surface area contributed by atoms with Gasteiger partial charge in [0.2, 0.25) is 5.91 Å². The van der Waals surface area contributed by atoms with Crippen LogP contribution in [-0.4, -0.2) is 29.3 Å². The standard InChI is InChI=1S/C12H16N2OS/c13-12(15)11-7-4-8-14(11)9-16-10-5-2-1-3-6-10/h1-3,5-6,11H,4,7-9H2,(H2,13,15)/t11-/m0/s1. The minimum Gasteiger partial charge on any atom is -0.368 e. The van der Waals surface area contributed by atoms with Crippen LogP contribution < -0.4 is 5.73 Å². The molecule has 1 saturated heterocycles. The largest absolute Gasteiger partial charge is 0.368 e. The molecule has 0 spiro atoms. The van der Waals surface area contributed by atoms with Crippen molar-refractivity contribution in [2.75, 3.05) is 12.4 Å². The first-order chi connectivity index (χ1) is 7.77. The van der Waals surface area contributed by atoms with Gasteiger partial charge in [-0.1, -0.05) is 18.2 Å². The molecule has 2 rings (SSSR count). The number of carbonyl (C=O) groups is 1. The monoisotopic (exact) mass is 236 g/mol. The fourth-order valence-electron chi connectivity index (χ4n) is 1.98. The first-order valence-electron chi connectivity index (χ1n) is 5.48. The van der Waals surface area contributed by atoms with Crippen molar-refractivity contribution in [2.24, 2.45) is 5.73 Å². The van der Waals surface area contributed by atoms with Gasteiger partial charge in [0, 0.05) is 10.8 Å². The van der Waals surface area contributed by atoms with Crippen LogP contribution in [-0.2, 0) is 4.79 Å². The number of benzene rings is 1. The van der Waals surface area contributed by atoms with Crippen LogP contribution in [0.25, 0.3) is 0 Å². The van der Waals surface area contributed by atoms with Crippen LogP contribution in [0.5, 0.6) is 0 Å². The molecule has 1 heterocycles. The summed E-state index contributed by atoms with van der Waals surface area (Å²) in [6.07, 6.45) is 1.98. The van der Waals surface area contributed by atoms with Gasteiger partial charge in [0.15, 0.2) is 0 Å². The Bertz CT molecular complexity index is 355. The highest BCUT2D eigenvalue weighted by atomic mass is 32.2. The molecule has 1 aromatic rings. The molecule has 2 N–H and O–H groups in total. The van der Waals surface area contributed by atoms with E-state index in [0.717, 1.165) is 25.3 Å². The lowest BCUT2D eigenvalue weighted by atomic mass is 10.2. The summed E-state index contributed by atoms with van der Waals surface area (Å²) in [5.74, 6) is 0.656. The van der Waals surface area contributed by atoms with Crippen LogP contribution in [0.15, 0.2) is 35.2 Å². The topological polar surface area (TPSA) is 46.3 Å². The third-order valence-corrected chi connectivity index (χ3v) is 3.90. The second kappa shape index (κ2) is 5.37. The van der Waals surface area contributed by atoms with Crippen molar-refractivity contribution in [3.05, 3.63) is 30.3 Å². The molecule has 4 heteroatoms. The molecule has 1 atom stereocenters. The molecule has 0 aliphatic carbocycles. The Morgan fingerprint density at radius 1 is 1.44 bits per heavy atom. The van der Waals surface area contributed by atoms with Gasteiger partial charge in [0.1, 0.15) is 0 Å². The van der Waals surface area contributed by atoms with Gasteiger partial charge in [0.25, 0.3) is 0 Å². The van der Waals surface area contributed by atoms with Crippen molar-refractivity contribution >= 4 is 17.7 Å². The Balaban J connectivity index is 1.88. The van der Waals surface area contributed by atoms with Crippen LogP contribution in [0.4, 0.5) is 0 Å². The maximum atomic E-state index is 11.2. The van der Waals surface area contributed by atoms with Crippen molar-refractivity contribution in [2.45, 2.75) is 23.8 Å². The normalized spacial score (nSPS) is 21.1. The van der Waals surface area contributed by atoms with E-state index >= 15 is 0 Å². The summed E-state index contributed by atoms with van der Waals surface area (Å²) >= 11 is 1.76. The Labute approximate surface area is 100.0 Å². The van der Waals surface area contributed by atoms with E-state index in [9.17, 15) is 4.79 Å². The van der Waals surface area contributed by atoms with Crippen molar-refractivity contribution in [1.29, 1.82) is 0 Å². The highest BCUT2D eigenvalue weighted by Gasteiger charge is 2.28. The van der Waals surface area contributed by atoms with Gasteiger partial charge in [-0.05, 0) is 31.5 Å². The lowest BCUT2D eigenvalue weighted by Crippen LogP contribution is -2.39. The van der Waals surface area contributed by atoms with Crippen molar-refractivity contribution < 1.29 is 4.79 Å². The Hall–Kier alpha value is -1.00. The van der Waals surface area contributed by atoms with E-state index in [1.54, 1.807) is 11.8 Å². The first-order valence-corrected chi connectivity index (χ1v) is 6.47. The predicted octanol–water partition coefficient (Wildman–Crippen LogP) is 1.69. The summed E-state index contributed by atoms with van der Waals surface area (Å²) in [4.78, 5) is 14.6. The molecule has 1 aromatic carbocycles. The number of thioether (sulfide) groups is 1. The van der Waals surface area contributed by atoms with E-state index < -0.39 is 0 Å². The van der Waals surface area contributed by atoms with E-state index in [4.69, 9.17) is 5.73 Å². The quantitative estimate of drug-likeness (QED) is 0.809. The maximum absolute atomic E-state index is 11.2. The third-order valence-electron chi connectivity index (χ3n) is 2.83. The molecule has 3 nitrogen and oxygen atoms in total. The lowest BCUT2D eigenvalue weighted by molar-refractivity contribution is -0.121. The Kier molecular flexibility index (Phi) is 3.85. The number of amides is 1. The van der Waals surface area contributed by atoms with Gasteiger partial charge in [-0.15, -0.1) is 11.8 Å². The summed E-state index contributed by atoms with van der Waals surface area (Å²) in [5.41, 5.74) is 5.37. The molecule has 86 valence electrons. The minimum atomic E-state index is -0.189. The smallest absolute Gasteiger partial charge is 0.234 e. The zero-order valence-corrected chi connectivity index (χ0v) is 9.95. The first kappa shape index (κ1) is 11.5. The van der Waals surface area contributed by atoms with E-state index in [2.05, 4.69) is 17.0 Å². The second-order valence-electron chi connectivity index (χ2n) is 3.96. The average Bonchev–Trinajstić information content (AvgIpc) is 2.76. The van der Waals surface area contributed by atoms with Crippen LogP contribution in [0.2, 0.25) is 0 Å². The second-order valence-corrected chi connectivity index (χ2v) is 4.98. The summed E-state index contributed by atoms with van der Waals surface area (Å²) in [6, 6.07) is 10.2. The van der Waals surface area contributed by atoms with Gasteiger partial charge in [-0.25, -0.2) is 0 Å². The SMILES string of the molecule is NC(=O)[C@@H]1CCCN1CSc1ccccc1. The summed E-state index contributed by atoms with van der Waals surface area (Å²) in [7, 11) is 0. The number of nitrogens with zero attached hydrogens (tertiary/aromatic N) is 1. The molecule has 0 bridgehead atoms. The van der Waals surface area contributed by atoms with Crippen LogP contribution in [0.1, 0.15) is 12.8 Å². The maximum Gasteiger partial charge on any atom is 0.234 e. The summed E-state index contributed by atoms with van der Waals surface area (Å²) < 4.78 is 0. The minimum absolute atomic E-state index is 0.0591. The Morgan fingerprint density at radius 3 is 2.88 bits per heavy atom. The van der Waals surface area contributed by atoms with E-state index in [1.807, 2.05) is 18.2 Å². The molecule has 1 aliphatic rings. The molecule has 1 amide bonds. The van der Waals surface area contributed by atoms with Crippen molar-refractivity contribution in [1.82, 2.24) is 4.90 Å². The number of nitrogens with two attached hydrogens (primary N) is 1. The van der Waals surface area contributed by atoms with Crippen molar-refractivity contribution in [3.8, 4) is 0 Å². The number of likely N-dealkylation sites (tertiary alicyclic amines) is 1. The molecule has 0 aromatic heterocycles.